The van der Waals surface area contributed by atoms with E-state index in [1.54, 1.807) is 7.11 Å². The fourth-order valence-electron chi connectivity index (χ4n) is 2.20. The van der Waals surface area contributed by atoms with Gasteiger partial charge in [0.15, 0.2) is 5.03 Å². The van der Waals surface area contributed by atoms with Crippen molar-refractivity contribution in [1.82, 2.24) is 14.7 Å². The summed E-state index contributed by atoms with van der Waals surface area (Å²) in [6.45, 7) is 1.92. The Labute approximate surface area is 107 Å². The van der Waals surface area contributed by atoms with Gasteiger partial charge in [0.2, 0.25) is 0 Å². The molecule has 0 bridgehead atoms. The van der Waals surface area contributed by atoms with Crippen LogP contribution in [0.15, 0.2) is 11.2 Å². The molecule has 0 spiro atoms. The first-order valence-corrected chi connectivity index (χ1v) is 7.62. The van der Waals surface area contributed by atoms with Crippen molar-refractivity contribution in [3.05, 3.63) is 12.0 Å². The standard InChI is InChI=1S/C11H19N3O3S/c1-3-10-12-7-11(13-10)18(15,16)14-8-4-5-9(6-8)17-2/h7-9,14H,3-6H2,1-2H3,(H,12,13). The normalized spacial score (nSPS) is 24.6. The number of ether oxygens (including phenoxy) is 1. The molecule has 0 radical (unpaired) electrons. The highest BCUT2D eigenvalue weighted by molar-refractivity contribution is 7.89. The summed E-state index contributed by atoms with van der Waals surface area (Å²) in [7, 11) is -1.83. The van der Waals surface area contributed by atoms with Crippen LogP contribution >= 0.6 is 0 Å². The van der Waals surface area contributed by atoms with Gasteiger partial charge in [-0.15, -0.1) is 0 Å². The van der Waals surface area contributed by atoms with Gasteiger partial charge in [-0.05, 0) is 19.3 Å². The van der Waals surface area contributed by atoms with Crippen molar-refractivity contribution in [2.75, 3.05) is 7.11 Å². The summed E-state index contributed by atoms with van der Waals surface area (Å²) in [5, 5.41) is 0.139. The van der Waals surface area contributed by atoms with E-state index in [9.17, 15) is 8.42 Å². The predicted octanol–water partition coefficient (Wildman–Crippen LogP) is 0.818. The second-order valence-electron chi connectivity index (χ2n) is 4.54. The minimum Gasteiger partial charge on any atom is -0.381 e. The Bertz CT molecular complexity index is 497. The van der Waals surface area contributed by atoms with E-state index >= 15 is 0 Å². The molecule has 2 atom stereocenters. The van der Waals surface area contributed by atoms with Gasteiger partial charge in [-0.2, -0.15) is 0 Å². The zero-order valence-electron chi connectivity index (χ0n) is 10.6. The number of H-pyrrole nitrogens is 1. The van der Waals surface area contributed by atoms with E-state index in [0.717, 1.165) is 19.3 Å². The van der Waals surface area contributed by atoms with Gasteiger partial charge in [0.1, 0.15) is 5.82 Å². The molecule has 2 N–H and O–H groups in total. The molecule has 6 nitrogen and oxygen atoms in total. The number of nitrogens with one attached hydrogen (secondary N) is 2. The molecule has 1 aromatic heterocycles. The van der Waals surface area contributed by atoms with Crippen LogP contribution in [-0.2, 0) is 21.2 Å². The molecule has 1 aliphatic carbocycles. The van der Waals surface area contributed by atoms with E-state index < -0.39 is 10.0 Å². The first-order valence-electron chi connectivity index (χ1n) is 6.14. The second-order valence-corrected chi connectivity index (χ2v) is 6.22. The van der Waals surface area contributed by atoms with Gasteiger partial charge in [0.05, 0.1) is 12.3 Å². The van der Waals surface area contributed by atoms with Crippen LogP contribution in [-0.4, -0.2) is 37.6 Å². The van der Waals surface area contributed by atoms with Crippen molar-refractivity contribution in [3.8, 4) is 0 Å². The average molecular weight is 273 g/mol. The maximum Gasteiger partial charge on any atom is 0.257 e. The molecule has 1 fully saturated rings. The van der Waals surface area contributed by atoms with Gasteiger partial charge in [-0.25, -0.2) is 18.1 Å². The zero-order chi connectivity index (χ0) is 13.2. The molecule has 2 rings (SSSR count). The number of aromatic amines is 1. The maximum atomic E-state index is 12.1. The molecule has 1 aromatic rings. The number of aryl methyl sites for hydroxylation is 1. The highest BCUT2D eigenvalue weighted by atomic mass is 32.2. The first kappa shape index (κ1) is 13.5. The molecule has 0 aromatic carbocycles. The minimum atomic E-state index is -3.49. The summed E-state index contributed by atoms with van der Waals surface area (Å²) in [5.41, 5.74) is 0. The van der Waals surface area contributed by atoms with Crippen molar-refractivity contribution in [3.63, 3.8) is 0 Å². The Hall–Kier alpha value is -0.920. The van der Waals surface area contributed by atoms with Gasteiger partial charge in [-0.3, -0.25) is 0 Å². The molecule has 1 aliphatic rings. The van der Waals surface area contributed by atoms with E-state index in [1.165, 1.54) is 6.20 Å². The number of nitrogens with zero attached hydrogens (tertiary/aromatic N) is 1. The smallest absolute Gasteiger partial charge is 0.257 e. The fraction of sp³-hybridized carbons (Fsp3) is 0.727. The third-order valence-electron chi connectivity index (χ3n) is 3.27. The van der Waals surface area contributed by atoms with Crippen LogP contribution in [0.4, 0.5) is 0 Å². The summed E-state index contributed by atoms with van der Waals surface area (Å²) in [6, 6.07) is -0.0478. The van der Waals surface area contributed by atoms with E-state index in [1.807, 2.05) is 6.92 Å². The molecule has 0 saturated heterocycles. The molecular weight excluding hydrogens is 254 g/mol. The zero-order valence-corrected chi connectivity index (χ0v) is 11.5. The van der Waals surface area contributed by atoms with Crippen LogP contribution in [0.25, 0.3) is 0 Å². The van der Waals surface area contributed by atoms with E-state index in [2.05, 4.69) is 14.7 Å². The molecule has 7 heteroatoms. The molecule has 102 valence electrons. The Kier molecular flexibility index (Phi) is 4.04. The van der Waals surface area contributed by atoms with Crippen molar-refractivity contribution in [1.29, 1.82) is 0 Å². The molecule has 0 amide bonds. The van der Waals surface area contributed by atoms with Crippen LogP contribution in [0, 0.1) is 0 Å². The number of sulfonamides is 1. The van der Waals surface area contributed by atoms with Crippen molar-refractivity contribution < 1.29 is 13.2 Å². The number of hydrogen-bond acceptors (Lipinski definition) is 4. The highest BCUT2D eigenvalue weighted by Crippen LogP contribution is 2.22. The van der Waals surface area contributed by atoms with E-state index in [-0.39, 0.29) is 17.2 Å². The van der Waals surface area contributed by atoms with Crippen LogP contribution in [0.5, 0.6) is 0 Å². The summed E-state index contributed by atoms with van der Waals surface area (Å²) in [4.78, 5) is 6.82. The Morgan fingerprint density at radius 2 is 2.33 bits per heavy atom. The van der Waals surface area contributed by atoms with Crippen LogP contribution < -0.4 is 4.72 Å². The first-order chi connectivity index (χ1) is 8.55. The Morgan fingerprint density at radius 3 is 2.89 bits per heavy atom. The second kappa shape index (κ2) is 5.38. The predicted molar refractivity (Wildman–Crippen MR) is 66.7 cm³/mol. The summed E-state index contributed by atoms with van der Waals surface area (Å²) in [6.07, 6.45) is 4.64. The Morgan fingerprint density at radius 1 is 1.56 bits per heavy atom. The lowest BCUT2D eigenvalue weighted by Gasteiger charge is -2.12. The molecule has 18 heavy (non-hydrogen) atoms. The number of methoxy groups -OCH3 is 1. The summed E-state index contributed by atoms with van der Waals surface area (Å²) >= 11 is 0. The lowest BCUT2D eigenvalue weighted by atomic mass is 10.3. The van der Waals surface area contributed by atoms with Crippen LogP contribution in [0.3, 0.4) is 0 Å². The average Bonchev–Trinajstić information content (AvgIpc) is 2.96. The van der Waals surface area contributed by atoms with Crippen molar-refractivity contribution in [2.24, 2.45) is 0 Å². The van der Waals surface area contributed by atoms with Crippen molar-refractivity contribution in [2.45, 2.75) is 49.8 Å². The monoisotopic (exact) mass is 273 g/mol. The largest absolute Gasteiger partial charge is 0.381 e. The lowest BCUT2D eigenvalue weighted by Crippen LogP contribution is -2.33. The molecule has 1 saturated carbocycles. The van der Waals surface area contributed by atoms with Gasteiger partial charge < -0.3 is 9.72 Å². The number of hydrogen-bond donors (Lipinski definition) is 2. The van der Waals surface area contributed by atoms with E-state index in [4.69, 9.17) is 4.74 Å². The third-order valence-corrected chi connectivity index (χ3v) is 4.70. The minimum absolute atomic E-state index is 0.0478. The highest BCUT2D eigenvalue weighted by Gasteiger charge is 2.29. The molecule has 0 aliphatic heterocycles. The SMILES string of the molecule is CCc1ncc(S(=O)(=O)NC2CCC(OC)C2)[nH]1. The van der Waals surface area contributed by atoms with Gasteiger partial charge in [0.25, 0.3) is 10.0 Å². The fourth-order valence-corrected chi connectivity index (χ4v) is 3.43. The number of rotatable bonds is 5. The third kappa shape index (κ3) is 2.90. The van der Waals surface area contributed by atoms with Crippen LogP contribution in [0.2, 0.25) is 0 Å². The molecular formula is C11H19N3O3S. The lowest BCUT2D eigenvalue weighted by molar-refractivity contribution is 0.107. The number of aromatic nitrogens is 2. The van der Waals surface area contributed by atoms with E-state index in [0.29, 0.717) is 12.2 Å². The van der Waals surface area contributed by atoms with Crippen molar-refractivity contribution >= 4 is 10.0 Å². The summed E-state index contributed by atoms with van der Waals surface area (Å²) in [5.74, 6) is 0.677. The van der Waals surface area contributed by atoms with Gasteiger partial charge in [-0.1, -0.05) is 6.92 Å². The van der Waals surface area contributed by atoms with Gasteiger partial charge in [0, 0.05) is 19.6 Å². The number of imidazole rings is 1. The molecule has 1 heterocycles. The Balaban J connectivity index is 2.03. The molecule has 2 unspecified atom stereocenters. The van der Waals surface area contributed by atoms with Crippen LogP contribution in [0.1, 0.15) is 32.0 Å². The topological polar surface area (TPSA) is 84.1 Å². The quantitative estimate of drug-likeness (QED) is 0.832. The van der Waals surface area contributed by atoms with Gasteiger partial charge >= 0.3 is 0 Å². The maximum absolute atomic E-state index is 12.1. The summed E-state index contributed by atoms with van der Waals surface area (Å²) < 4.78 is 32.1.